The second kappa shape index (κ2) is 250. The molecule has 6 nitrogen and oxygen atoms in total. The summed E-state index contributed by atoms with van der Waals surface area (Å²) in [5.74, 6) is 5.85. The molecule has 0 aromatic rings. The van der Waals surface area contributed by atoms with Crippen molar-refractivity contribution in [3.63, 3.8) is 0 Å². The summed E-state index contributed by atoms with van der Waals surface area (Å²) in [5.41, 5.74) is 0. The molecule has 0 aliphatic rings. The zero-order valence-electron chi connectivity index (χ0n) is 64.9. The van der Waals surface area contributed by atoms with Crippen molar-refractivity contribution in [2.45, 2.75) is 403 Å². The topological polar surface area (TPSA) is 55.4 Å². The van der Waals surface area contributed by atoms with Crippen LogP contribution in [0.3, 0.4) is 0 Å². The normalized spacial score (nSPS) is 7.75. The molecule has 0 amide bonds. The Balaban J connectivity index is -0.0000000340. The predicted octanol–water partition coefficient (Wildman–Crippen LogP) is 27.9. The Hall–Kier alpha value is -0.680. The monoisotopic (exact) mass is 1170 g/mol. The summed E-state index contributed by atoms with van der Waals surface area (Å²) in [6, 6.07) is 0. The number of hydrogen-bond donors (Lipinski definition) is 0. The molecule has 0 aliphatic carbocycles. The maximum Gasteiger partial charge on any atom is 0.0701 e. The van der Waals surface area contributed by atoms with Crippen LogP contribution in [-0.4, -0.2) is 79.3 Å². The smallest absolute Gasteiger partial charge is 0.0701 e. The molecule has 0 rings (SSSR count). The highest BCUT2D eigenvalue weighted by molar-refractivity contribution is 4.94. The van der Waals surface area contributed by atoms with Gasteiger partial charge in [0.25, 0.3) is 0 Å². The molecule has 0 heterocycles. The van der Waals surface area contributed by atoms with Gasteiger partial charge in [-0.2, -0.15) is 0 Å². The van der Waals surface area contributed by atoms with Gasteiger partial charge in [-0.1, -0.05) is 358 Å². The standard InChI is InChI=1S/C12H26O3.C10H22O3.C8H18.C7H16.C7H12.C6H14.12C2H6/c1-3-5-7-13-9-11-15-12-10-14-8-6-4-2;1-3-5-11-7-9-13-10-8-12-6-4-2;1-3-5-7-8-6-4-2;2*1-3-5-7-6-4-2;1-3-5-6-4-2;12*1-2/h3-12H2,1-2H3;3-10H2,1-2H3;3-8H2,1-2H3;3-7H2,1-2H3;3,5,7H2,1-2H3;3-6H2,1-2H3;12*1-2H3. The molecule has 0 unspecified atom stereocenters. The van der Waals surface area contributed by atoms with Crippen LogP contribution in [0, 0.1) is 11.8 Å². The van der Waals surface area contributed by atoms with E-state index in [0.717, 1.165) is 58.5 Å². The highest BCUT2D eigenvalue weighted by atomic mass is 16.5. The van der Waals surface area contributed by atoms with Crippen molar-refractivity contribution >= 4 is 0 Å². The minimum atomic E-state index is 0.676. The summed E-state index contributed by atoms with van der Waals surface area (Å²) < 4.78 is 31.8. The third-order valence-electron chi connectivity index (χ3n) is 7.92. The first-order chi connectivity index (χ1) is 39.5. The fourth-order valence-electron chi connectivity index (χ4n) is 4.29. The number of ether oxygens (including phenoxy) is 6. The highest BCUT2D eigenvalue weighted by Crippen LogP contribution is 2.03. The quantitative estimate of drug-likeness (QED) is 0.0460. The van der Waals surface area contributed by atoms with Gasteiger partial charge in [-0.25, -0.2) is 0 Å². The molecule has 0 radical (unpaired) electrons. The molecule has 0 aromatic carbocycles. The molecule has 0 bridgehead atoms. The lowest BCUT2D eigenvalue weighted by Gasteiger charge is -2.06. The molecule has 0 aliphatic heterocycles. The van der Waals surface area contributed by atoms with Crippen LogP contribution >= 0.6 is 0 Å². The number of rotatable bonds is 36. The minimum absolute atomic E-state index is 0.676. The molecule has 80 heavy (non-hydrogen) atoms. The lowest BCUT2D eigenvalue weighted by atomic mass is 10.1. The van der Waals surface area contributed by atoms with Crippen LogP contribution in [-0.2, 0) is 28.4 Å². The summed E-state index contributed by atoms with van der Waals surface area (Å²) >= 11 is 0. The van der Waals surface area contributed by atoms with Gasteiger partial charge in [-0.15, -0.1) is 11.8 Å². The Kier molecular flexibility index (Phi) is 404. The first-order valence-corrected chi connectivity index (χ1v) is 36.3. The lowest BCUT2D eigenvalue weighted by Crippen LogP contribution is -2.10. The Bertz CT molecular complexity index is 559. The molecule has 0 spiro atoms. The van der Waals surface area contributed by atoms with Gasteiger partial charge in [0.2, 0.25) is 0 Å². The second-order valence-electron chi connectivity index (χ2n) is 14.1. The highest BCUT2D eigenvalue weighted by Gasteiger charge is 1.92. The van der Waals surface area contributed by atoms with Gasteiger partial charge in [0.1, 0.15) is 0 Å². The van der Waals surface area contributed by atoms with Crippen molar-refractivity contribution in [1.29, 1.82) is 0 Å². The van der Waals surface area contributed by atoms with Gasteiger partial charge < -0.3 is 28.4 Å². The van der Waals surface area contributed by atoms with E-state index in [9.17, 15) is 0 Å². The molecule has 0 N–H and O–H groups in total. The summed E-state index contributed by atoms with van der Waals surface area (Å²) in [6.07, 6.45) is 31.4. The first-order valence-electron chi connectivity index (χ1n) is 36.3. The zero-order valence-corrected chi connectivity index (χ0v) is 64.9. The first kappa shape index (κ1) is 129. The molecule has 0 aromatic heterocycles. The fourth-order valence-corrected chi connectivity index (χ4v) is 4.29. The third-order valence-corrected chi connectivity index (χ3v) is 7.92. The van der Waals surface area contributed by atoms with E-state index in [-0.39, 0.29) is 0 Å². The van der Waals surface area contributed by atoms with Crippen LogP contribution in [0.5, 0.6) is 0 Å². The van der Waals surface area contributed by atoms with Crippen LogP contribution in [0.4, 0.5) is 0 Å². The maximum atomic E-state index is 5.35. The van der Waals surface area contributed by atoms with Crippen LogP contribution in [0.1, 0.15) is 403 Å². The molecule has 6 heteroatoms. The molecule has 0 atom stereocenters. The maximum absolute atomic E-state index is 5.35. The van der Waals surface area contributed by atoms with Gasteiger partial charge in [-0.05, 0) is 39.0 Å². The van der Waals surface area contributed by atoms with Crippen molar-refractivity contribution < 1.29 is 28.4 Å². The van der Waals surface area contributed by atoms with Gasteiger partial charge >= 0.3 is 0 Å². The summed E-state index contributed by atoms with van der Waals surface area (Å²) in [6.45, 7) is 82.9. The van der Waals surface area contributed by atoms with Crippen molar-refractivity contribution in [3.05, 3.63) is 0 Å². The summed E-state index contributed by atoms with van der Waals surface area (Å²) in [5, 5.41) is 0. The molecular formula is C74H180O6. The van der Waals surface area contributed by atoms with Gasteiger partial charge in [0.05, 0.1) is 52.9 Å². The largest absolute Gasteiger partial charge is 0.379 e. The Morgan fingerprint density at radius 2 is 0.338 bits per heavy atom. The molecule has 0 fully saturated rings. The molecule has 512 valence electrons. The van der Waals surface area contributed by atoms with E-state index in [1.807, 2.05) is 173 Å². The average Bonchev–Trinajstić information content (AvgIpc) is 3.55. The van der Waals surface area contributed by atoms with Gasteiger partial charge in [0, 0.05) is 32.8 Å². The fraction of sp³-hybridized carbons (Fsp3) is 0.973. The number of hydrogen-bond acceptors (Lipinski definition) is 6. The minimum Gasteiger partial charge on any atom is -0.379 e. The van der Waals surface area contributed by atoms with E-state index in [1.165, 1.54) is 122 Å². The molecular weight excluding hydrogens is 985 g/mol. The van der Waals surface area contributed by atoms with Crippen molar-refractivity contribution in [2.24, 2.45) is 0 Å². The van der Waals surface area contributed by atoms with Crippen LogP contribution in [0.2, 0.25) is 0 Å². The van der Waals surface area contributed by atoms with Crippen LogP contribution < -0.4 is 0 Å². The molecule has 0 saturated carbocycles. The van der Waals surface area contributed by atoms with Gasteiger partial charge in [-0.3, -0.25) is 0 Å². The second-order valence-corrected chi connectivity index (χ2v) is 14.1. The van der Waals surface area contributed by atoms with E-state index in [2.05, 4.69) is 88.0 Å². The Labute approximate surface area is 520 Å². The van der Waals surface area contributed by atoms with Crippen molar-refractivity contribution in [2.75, 3.05) is 79.3 Å². The van der Waals surface area contributed by atoms with E-state index >= 15 is 0 Å². The summed E-state index contributed by atoms with van der Waals surface area (Å²) in [7, 11) is 0. The zero-order chi connectivity index (χ0) is 67.1. The average molecular weight is 1170 g/mol. The lowest BCUT2D eigenvalue weighted by molar-refractivity contribution is 0.0136. The predicted molar refractivity (Wildman–Crippen MR) is 388 cm³/mol. The van der Waals surface area contributed by atoms with E-state index < -0.39 is 0 Å². The number of unbranched alkanes of at least 4 members (excludes halogenated alkanes) is 16. The van der Waals surface area contributed by atoms with Crippen LogP contribution in [0.25, 0.3) is 0 Å². The third kappa shape index (κ3) is 323. The van der Waals surface area contributed by atoms with E-state index in [4.69, 9.17) is 28.4 Å². The molecule has 0 saturated heterocycles. The van der Waals surface area contributed by atoms with Crippen molar-refractivity contribution in [1.82, 2.24) is 0 Å². The van der Waals surface area contributed by atoms with Gasteiger partial charge in [0.15, 0.2) is 0 Å². The van der Waals surface area contributed by atoms with Crippen molar-refractivity contribution in [3.8, 4) is 11.8 Å². The Morgan fingerprint density at radius 3 is 0.512 bits per heavy atom. The summed E-state index contributed by atoms with van der Waals surface area (Å²) in [4.78, 5) is 0. The van der Waals surface area contributed by atoms with Crippen LogP contribution in [0.15, 0.2) is 0 Å². The Morgan fingerprint density at radius 1 is 0.175 bits per heavy atom. The van der Waals surface area contributed by atoms with E-state index in [0.29, 0.717) is 52.9 Å². The van der Waals surface area contributed by atoms with E-state index in [1.54, 1.807) is 0 Å². The SMILES string of the molecule is CC.CC.CC.CC.CC.CC.CC.CC.CC.CC.CC.CC.CC#CCCCC.CCCCCC.CCCCCCC.CCCCCCCC.CCCCOCCOCCOCCCC.CCCOCCOCCOCCC.